The van der Waals surface area contributed by atoms with E-state index in [4.69, 9.17) is 5.73 Å². The number of nitrogens with zero attached hydrogens (tertiary/aromatic N) is 1. The maximum atomic E-state index is 14.3. The number of allylic oxidation sites excluding steroid dienone is 1. The Hall–Kier alpha value is -2.63. The summed E-state index contributed by atoms with van der Waals surface area (Å²) in [6, 6.07) is 13.2. The maximum absolute atomic E-state index is 14.3. The predicted octanol–water partition coefficient (Wildman–Crippen LogP) is 5.85. The first-order chi connectivity index (χ1) is 13.6. The number of carbonyl (C=O) groups is 1. The van der Waals surface area contributed by atoms with Crippen molar-refractivity contribution < 1.29 is 14.3 Å². The predicted molar refractivity (Wildman–Crippen MR) is 123 cm³/mol. The minimum atomic E-state index is -0.985. The molecular formula is C24H28ClFN2O2. The molecular weight excluding hydrogens is 403 g/mol. The molecule has 0 amide bonds. The lowest BCUT2D eigenvalue weighted by Gasteiger charge is -2.20. The molecule has 0 saturated carbocycles. The number of nitrogens with two attached hydrogens (primary N) is 1. The molecule has 3 aromatic rings. The van der Waals surface area contributed by atoms with Gasteiger partial charge in [0, 0.05) is 28.7 Å². The van der Waals surface area contributed by atoms with Crippen LogP contribution in [0.4, 0.5) is 4.39 Å². The van der Waals surface area contributed by atoms with Gasteiger partial charge in [0.2, 0.25) is 0 Å². The van der Waals surface area contributed by atoms with Crippen LogP contribution in [0.2, 0.25) is 0 Å². The summed E-state index contributed by atoms with van der Waals surface area (Å²) in [7, 11) is 0. The fraction of sp³-hybridized carbons (Fsp3) is 0.292. The van der Waals surface area contributed by atoms with E-state index in [0.29, 0.717) is 0 Å². The van der Waals surface area contributed by atoms with Crippen molar-refractivity contribution in [3.63, 3.8) is 0 Å². The molecule has 0 saturated heterocycles. The topological polar surface area (TPSA) is 68.2 Å². The van der Waals surface area contributed by atoms with Crippen molar-refractivity contribution in [2.45, 2.75) is 39.7 Å². The quantitative estimate of drug-likeness (QED) is 0.533. The Morgan fingerprint density at radius 3 is 2.50 bits per heavy atom. The van der Waals surface area contributed by atoms with E-state index in [2.05, 4.69) is 32.9 Å². The second-order valence-corrected chi connectivity index (χ2v) is 8.30. The van der Waals surface area contributed by atoms with Crippen LogP contribution >= 0.6 is 12.4 Å². The largest absolute Gasteiger partial charge is 0.478 e. The summed E-state index contributed by atoms with van der Waals surface area (Å²) in [6.07, 6.45) is 1.36. The number of fused-ring (bicyclic) bond motifs is 1. The summed E-state index contributed by atoms with van der Waals surface area (Å²) in [5, 5.41) is 10.3. The van der Waals surface area contributed by atoms with Crippen molar-refractivity contribution in [1.29, 1.82) is 0 Å². The second-order valence-electron chi connectivity index (χ2n) is 8.30. The summed E-state index contributed by atoms with van der Waals surface area (Å²) >= 11 is 0. The van der Waals surface area contributed by atoms with Gasteiger partial charge in [0.25, 0.3) is 0 Å². The van der Waals surface area contributed by atoms with Gasteiger partial charge >= 0.3 is 5.97 Å². The molecule has 6 heteroatoms. The van der Waals surface area contributed by atoms with E-state index in [9.17, 15) is 14.3 Å². The third kappa shape index (κ3) is 4.58. The lowest BCUT2D eigenvalue weighted by molar-refractivity contribution is 0.0697. The van der Waals surface area contributed by atoms with Gasteiger partial charge in [0.1, 0.15) is 5.83 Å². The summed E-state index contributed by atoms with van der Waals surface area (Å²) < 4.78 is 16.2. The van der Waals surface area contributed by atoms with Crippen molar-refractivity contribution in [3.05, 3.63) is 71.2 Å². The third-order valence-electron chi connectivity index (χ3n) is 5.24. The van der Waals surface area contributed by atoms with Gasteiger partial charge in [-0.25, -0.2) is 9.18 Å². The van der Waals surface area contributed by atoms with E-state index in [1.165, 1.54) is 11.6 Å². The third-order valence-corrected chi connectivity index (χ3v) is 5.24. The van der Waals surface area contributed by atoms with Crippen molar-refractivity contribution >= 4 is 29.3 Å². The van der Waals surface area contributed by atoms with Crippen molar-refractivity contribution in [3.8, 4) is 11.1 Å². The van der Waals surface area contributed by atoms with E-state index in [0.717, 1.165) is 27.7 Å². The SMILES string of the molecule is Cc1c(-c2cccc(C(C)(C)C)c2)c2cc(C(=O)O)ccc2n1CC(F)=CCN.Cl. The van der Waals surface area contributed by atoms with E-state index in [1.54, 1.807) is 18.2 Å². The summed E-state index contributed by atoms with van der Waals surface area (Å²) in [4.78, 5) is 11.5. The molecule has 0 unspecified atom stereocenters. The van der Waals surface area contributed by atoms with Crippen LogP contribution < -0.4 is 5.73 Å². The fourth-order valence-corrected chi connectivity index (χ4v) is 3.67. The average molecular weight is 431 g/mol. The van der Waals surface area contributed by atoms with Gasteiger partial charge in [-0.05, 0) is 47.7 Å². The van der Waals surface area contributed by atoms with E-state index < -0.39 is 5.97 Å². The molecule has 1 aromatic heterocycles. The molecule has 0 radical (unpaired) electrons. The molecule has 3 rings (SSSR count). The molecule has 0 aliphatic heterocycles. The highest BCUT2D eigenvalue weighted by Crippen LogP contribution is 2.37. The lowest BCUT2D eigenvalue weighted by atomic mass is 9.85. The van der Waals surface area contributed by atoms with E-state index >= 15 is 0 Å². The Morgan fingerprint density at radius 1 is 1.20 bits per heavy atom. The highest BCUT2D eigenvalue weighted by Gasteiger charge is 2.20. The lowest BCUT2D eigenvalue weighted by Crippen LogP contribution is -2.10. The molecule has 1 heterocycles. The van der Waals surface area contributed by atoms with Gasteiger partial charge in [-0.2, -0.15) is 0 Å². The Balaban J connectivity index is 0.00000320. The Bertz CT molecular complexity index is 1110. The molecule has 0 atom stereocenters. The van der Waals surface area contributed by atoms with Gasteiger partial charge < -0.3 is 15.4 Å². The van der Waals surface area contributed by atoms with Gasteiger partial charge in [0.15, 0.2) is 0 Å². The first-order valence-electron chi connectivity index (χ1n) is 9.65. The van der Waals surface area contributed by atoms with E-state index in [-0.39, 0.29) is 42.3 Å². The number of carboxylic acids is 1. The molecule has 4 nitrogen and oxygen atoms in total. The minimum absolute atomic E-state index is 0. The molecule has 2 aromatic carbocycles. The second kappa shape index (κ2) is 9.02. The summed E-state index contributed by atoms with van der Waals surface area (Å²) in [5.74, 6) is -1.30. The monoisotopic (exact) mass is 430 g/mol. The number of hydrogen-bond donors (Lipinski definition) is 2. The first kappa shape index (κ1) is 23.6. The fourth-order valence-electron chi connectivity index (χ4n) is 3.67. The summed E-state index contributed by atoms with van der Waals surface area (Å²) in [5.41, 5.74) is 10.4. The van der Waals surface area contributed by atoms with Crippen molar-refractivity contribution in [2.75, 3.05) is 6.54 Å². The zero-order valence-electron chi connectivity index (χ0n) is 17.7. The Labute approximate surface area is 182 Å². The van der Waals surface area contributed by atoms with Crippen molar-refractivity contribution in [2.24, 2.45) is 5.73 Å². The highest BCUT2D eigenvalue weighted by molar-refractivity contribution is 6.02. The van der Waals surface area contributed by atoms with Crippen LogP contribution in [-0.4, -0.2) is 22.2 Å². The number of hydrogen-bond acceptors (Lipinski definition) is 2. The van der Waals surface area contributed by atoms with Gasteiger partial charge in [-0.3, -0.25) is 0 Å². The highest BCUT2D eigenvalue weighted by atomic mass is 35.5. The van der Waals surface area contributed by atoms with Gasteiger partial charge in [0.05, 0.1) is 12.1 Å². The number of benzene rings is 2. The van der Waals surface area contributed by atoms with Gasteiger partial charge in [-0.15, -0.1) is 12.4 Å². The van der Waals surface area contributed by atoms with E-state index in [1.807, 2.05) is 23.6 Å². The molecule has 0 aliphatic carbocycles. The van der Waals surface area contributed by atoms with Crippen LogP contribution in [0, 0.1) is 6.92 Å². The zero-order chi connectivity index (χ0) is 21.3. The Morgan fingerprint density at radius 2 is 1.90 bits per heavy atom. The molecule has 160 valence electrons. The number of rotatable bonds is 5. The number of carboxylic acid groups (broad SMARTS) is 1. The van der Waals surface area contributed by atoms with Crippen LogP contribution in [-0.2, 0) is 12.0 Å². The van der Waals surface area contributed by atoms with Crippen LogP contribution in [0.25, 0.3) is 22.0 Å². The number of halogens is 2. The average Bonchev–Trinajstić information content (AvgIpc) is 2.92. The molecule has 0 fully saturated rings. The normalized spacial score (nSPS) is 12.1. The van der Waals surface area contributed by atoms with Crippen LogP contribution in [0.5, 0.6) is 0 Å². The number of aromatic nitrogens is 1. The van der Waals surface area contributed by atoms with Crippen LogP contribution in [0.15, 0.2) is 54.4 Å². The minimum Gasteiger partial charge on any atom is -0.478 e. The Kier molecular flexibility index (Phi) is 7.11. The maximum Gasteiger partial charge on any atom is 0.335 e. The molecule has 3 N–H and O–H groups in total. The molecule has 0 spiro atoms. The smallest absolute Gasteiger partial charge is 0.335 e. The van der Waals surface area contributed by atoms with Gasteiger partial charge in [-0.1, -0.05) is 45.0 Å². The molecule has 0 aliphatic rings. The van der Waals surface area contributed by atoms with Crippen molar-refractivity contribution in [1.82, 2.24) is 4.57 Å². The first-order valence-corrected chi connectivity index (χ1v) is 9.65. The van der Waals surface area contributed by atoms with Crippen LogP contribution in [0.3, 0.4) is 0 Å². The standard InChI is InChI=1S/C24H27FN2O2.ClH/c1-15-22(16-6-5-7-18(12-16)24(2,3)4)20-13-17(23(28)29)8-9-21(20)27(15)14-19(25)10-11-26;/h5-10,12-13H,11,14,26H2,1-4H3,(H,28,29);1H. The number of aromatic carboxylic acids is 1. The zero-order valence-corrected chi connectivity index (χ0v) is 18.5. The summed E-state index contributed by atoms with van der Waals surface area (Å²) in [6.45, 7) is 8.58. The molecule has 0 bridgehead atoms. The van der Waals surface area contributed by atoms with Crippen LogP contribution in [0.1, 0.15) is 42.4 Å². The molecule has 30 heavy (non-hydrogen) atoms.